The highest BCUT2D eigenvalue weighted by Gasteiger charge is 2.20. The molecular weight excluding hydrogens is 368 g/mol. The third-order valence-corrected chi connectivity index (χ3v) is 4.80. The monoisotopic (exact) mass is 382 g/mol. The zero-order valence-corrected chi connectivity index (χ0v) is 14.7. The molecule has 0 atom stereocenters. The average molecular weight is 382 g/mol. The summed E-state index contributed by atoms with van der Waals surface area (Å²) in [6.45, 7) is 0. The molecule has 0 saturated heterocycles. The fourth-order valence-corrected chi connectivity index (χ4v) is 3.06. The Bertz CT molecular complexity index is 1020. The summed E-state index contributed by atoms with van der Waals surface area (Å²) in [5.41, 5.74) is 0.488. The van der Waals surface area contributed by atoms with Gasteiger partial charge in [-0.25, -0.2) is 23.4 Å². The van der Waals surface area contributed by atoms with E-state index in [2.05, 4.69) is 20.1 Å². The van der Waals surface area contributed by atoms with E-state index in [1.54, 1.807) is 18.2 Å². The van der Waals surface area contributed by atoms with Crippen molar-refractivity contribution in [2.75, 3.05) is 0 Å². The number of sulfone groups is 1. The maximum Gasteiger partial charge on any atom is 0.251 e. The van der Waals surface area contributed by atoms with Crippen LogP contribution in [0.2, 0.25) is 0 Å². The number of ether oxygens (including phenoxy) is 1. The Balaban J connectivity index is 1.57. The molecule has 27 heavy (non-hydrogen) atoms. The van der Waals surface area contributed by atoms with Gasteiger partial charge in [-0.15, -0.1) is 0 Å². The van der Waals surface area contributed by atoms with Crippen LogP contribution in [-0.4, -0.2) is 31.2 Å². The molecule has 9 heteroatoms. The SMILES string of the molecule is O=S(=O)(c1ccc(N=CON=COc2ccccc2)cc1)c1ncccn1. The summed E-state index contributed by atoms with van der Waals surface area (Å²) >= 11 is 0. The molecule has 3 rings (SSSR count). The third kappa shape index (κ3) is 4.95. The first kappa shape index (κ1) is 18.2. The van der Waals surface area contributed by atoms with Crippen LogP contribution in [0.5, 0.6) is 5.75 Å². The third-order valence-electron chi connectivity index (χ3n) is 3.21. The second-order valence-corrected chi connectivity index (χ2v) is 6.85. The van der Waals surface area contributed by atoms with Gasteiger partial charge in [0.1, 0.15) is 5.75 Å². The van der Waals surface area contributed by atoms with Crippen molar-refractivity contribution < 1.29 is 18.0 Å². The lowest BCUT2D eigenvalue weighted by molar-refractivity contribution is 0.335. The van der Waals surface area contributed by atoms with Crippen LogP contribution in [0.25, 0.3) is 0 Å². The van der Waals surface area contributed by atoms with Crippen molar-refractivity contribution in [2.24, 2.45) is 10.1 Å². The fraction of sp³-hybridized carbons (Fsp3) is 0. The Morgan fingerprint density at radius 2 is 1.56 bits per heavy atom. The summed E-state index contributed by atoms with van der Waals surface area (Å²) < 4.78 is 29.9. The van der Waals surface area contributed by atoms with E-state index in [1.807, 2.05) is 18.2 Å². The molecule has 0 saturated carbocycles. The van der Waals surface area contributed by atoms with Gasteiger partial charge in [0.25, 0.3) is 5.16 Å². The Hall–Kier alpha value is -3.59. The lowest BCUT2D eigenvalue weighted by Gasteiger charge is -2.02. The van der Waals surface area contributed by atoms with Gasteiger partial charge < -0.3 is 9.57 Å². The molecule has 2 aromatic carbocycles. The van der Waals surface area contributed by atoms with Crippen molar-refractivity contribution in [3.05, 3.63) is 73.1 Å². The summed E-state index contributed by atoms with van der Waals surface area (Å²) in [6.07, 6.45) is 4.99. The molecule has 0 N–H and O–H groups in total. The number of hydrogen-bond acceptors (Lipinski definition) is 8. The van der Waals surface area contributed by atoms with Gasteiger partial charge in [0, 0.05) is 12.4 Å². The Labute approximate surface area is 155 Å². The van der Waals surface area contributed by atoms with Crippen molar-refractivity contribution in [3.8, 4) is 5.75 Å². The van der Waals surface area contributed by atoms with Gasteiger partial charge in [0.15, 0.2) is 0 Å². The first-order valence-corrected chi connectivity index (χ1v) is 9.19. The molecule has 0 amide bonds. The van der Waals surface area contributed by atoms with E-state index in [1.165, 1.54) is 36.7 Å². The van der Waals surface area contributed by atoms with Crippen LogP contribution in [0.15, 0.2) is 93.3 Å². The van der Waals surface area contributed by atoms with E-state index >= 15 is 0 Å². The molecule has 0 bridgehead atoms. The van der Waals surface area contributed by atoms with Crippen molar-refractivity contribution in [2.45, 2.75) is 10.1 Å². The van der Waals surface area contributed by atoms with E-state index in [-0.39, 0.29) is 10.1 Å². The van der Waals surface area contributed by atoms with Gasteiger partial charge in [-0.2, -0.15) is 0 Å². The fourth-order valence-electron chi connectivity index (χ4n) is 1.96. The minimum Gasteiger partial charge on any atom is -0.442 e. The average Bonchev–Trinajstić information content (AvgIpc) is 2.72. The minimum atomic E-state index is -3.76. The zero-order valence-electron chi connectivity index (χ0n) is 13.9. The molecule has 1 aromatic heterocycles. The lowest BCUT2D eigenvalue weighted by Crippen LogP contribution is -2.06. The Morgan fingerprint density at radius 1 is 0.852 bits per heavy atom. The standard InChI is InChI=1S/C18H14N4O4S/c23-27(24,18-19-11-4-12-20-18)17-9-7-15(8-10-17)21-13-26-22-14-25-16-5-2-1-3-6-16/h1-14H. The molecule has 0 radical (unpaired) electrons. The van der Waals surface area contributed by atoms with Crippen LogP contribution in [-0.2, 0) is 14.7 Å². The van der Waals surface area contributed by atoms with Gasteiger partial charge in [0.2, 0.25) is 22.6 Å². The molecule has 0 spiro atoms. The van der Waals surface area contributed by atoms with Gasteiger partial charge in [-0.3, -0.25) is 0 Å². The first-order valence-electron chi connectivity index (χ1n) is 7.70. The summed E-state index contributed by atoms with van der Waals surface area (Å²) in [4.78, 5) is 16.5. The zero-order chi connectivity index (χ0) is 19.0. The summed E-state index contributed by atoms with van der Waals surface area (Å²) in [7, 11) is -3.76. The van der Waals surface area contributed by atoms with Crippen LogP contribution in [0, 0.1) is 0 Å². The predicted octanol–water partition coefficient (Wildman–Crippen LogP) is 3.01. The van der Waals surface area contributed by atoms with Crippen LogP contribution >= 0.6 is 0 Å². The second-order valence-electron chi connectivity index (χ2n) is 5.01. The van der Waals surface area contributed by atoms with Gasteiger partial charge in [-0.1, -0.05) is 18.2 Å². The van der Waals surface area contributed by atoms with Crippen molar-refractivity contribution in [3.63, 3.8) is 0 Å². The highest BCUT2D eigenvalue weighted by molar-refractivity contribution is 7.91. The highest BCUT2D eigenvalue weighted by Crippen LogP contribution is 2.20. The number of rotatable bonds is 7. The molecular formula is C18H14N4O4S. The number of oxime groups is 1. The number of benzene rings is 2. The molecule has 136 valence electrons. The molecule has 0 aliphatic rings. The van der Waals surface area contributed by atoms with Crippen LogP contribution in [0.1, 0.15) is 0 Å². The molecule has 8 nitrogen and oxygen atoms in total. The summed E-state index contributed by atoms with van der Waals surface area (Å²) in [5, 5.41) is 3.32. The van der Waals surface area contributed by atoms with Crippen LogP contribution in [0.4, 0.5) is 5.69 Å². The Kier molecular flexibility index (Phi) is 5.85. The largest absolute Gasteiger partial charge is 0.442 e. The number of hydrogen-bond donors (Lipinski definition) is 0. The highest BCUT2D eigenvalue weighted by atomic mass is 32.2. The predicted molar refractivity (Wildman–Crippen MR) is 98.7 cm³/mol. The van der Waals surface area contributed by atoms with Gasteiger partial charge >= 0.3 is 0 Å². The van der Waals surface area contributed by atoms with Crippen molar-refractivity contribution in [1.82, 2.24) is 9.97 Å². The number of para-hydroxylation sites is 1. The molecule has 0 aliphatic carbocycles. The normalized spacial score (nSPS) is 11.7. The summed E-state index contributed by atoms with van der Waals surface area (Å²) in [6, 6.07) is 16.5. The molecule has 0 aliphatic heterocycles. The molecule has 3 aromatic rings. The smallest absolute Gasteiger partial charge is 0.251 e. The van der Waals surface area contributed by atoms with Crippen LogP contribution in [0.3, 0.4) is 0 Å². The molecule has 1 heterocycles. The van der Waals surface area contributed by atoms with E-state index < -0.39 is 9.84 Å². The van der Waals surface area contributed by atoms with Crippen LogP contribution < -0.4 is 4.74 Å². The second kappa shape index (κ2) is 8.68. The maximum atomic E-state index is 12.4. The number of aliphatic imine (C=N–C) groups is 1. The lowest BCUT2D eigenvalue weighted by atomic mass is 10.3. The topological polar surface area (TPSA) is 103 Å². The molecule has 0 unspecified atom stereocenters. The van der Waals surface area contributed by atoms with Gasteiger partial charge in [-0.05, 0) is 47.6 Å². The number of nitrogens with zero attached hydrogens (tertiary/aromatic N) is 4. The van der Waals surface area contributed by atoms with E-state index in [0.717, 1.165) is 12.8 Å². The molecule has 0 fully saturated rings. The van der Waals surface area contributed by atoms with Crippen molar-refractivity contribution in [1.29, 1.82) is 0 Å². The summed E-state index contributed by atoms with van der Waals surface area (Å²) in [5.74, 6) is 0.626. The quantitative estimate of drug-likeness (QED) is 0.269. The van der Waals surface area contributed by atoms with Gasteiger partial charge in [0.05, 0.1) is 10.6 Å². The van der Waals surface area contributed by atoms with Crippen molar-refractivity contribution >= 4 is 28.3 Å². The Morgan fingerprint density at radius 3 is 2.26 bits per heavy atom. The van der Waals surface area contributed by atoms with E-state index in [9.17, 15) is 8.42 Å². The number of aromatic nitrogens is 2. The first-order chi connectivity index (χ1) is 13.2. The maximum absolute atomic E-state index is 12.4. The van der Waals surface area contributed by atoms with E-state index in [0.29, 0.717) is 11.4 Å². The minimum absolute atomic E-state index is 0.0721. The van der Waals surface area contributed by atoms with E-state index in [4.69, 9.17) is 9.57 Å².